The average molecular weight is 267 g/mol. The summed E-state index contributed by atoms with van der Waals surface area (Å²) in [7, 11) is 4.16. The van der Waals surface area contributed by atoms with E-state index in [0.29, 0.717) is 18.2 Å². The predicted molar refractivity (Wildman–Crippen MR) is 77.4 cm³/mol. The lowest BCUT2D eigenvalue weighted by Crippen LogP contribution is -2.59. The normalized spacial score (nSPS) is 41.5. The second-order valence-corrected chi connectivity index (χ2v) is 6.94. The summed E-state index contributed by atoms with van der Waals surface area (Å²) >= 11 is 0. The van der Waals surface area contributed by atoms with Crippen molar-refractivity contribution in [1.29, 1.82) is 0 Å². The summed E-state index contributed by atoms with van der Waals surface area (Å²) < 4.78 is 5.81. The first-order chi connectivity index (χ1) is 9.10. The van der Waals surface area contributed by atoms with Crippen LogP contribution < -0.4 is 0 Å². The van der Waals surface area contributed by atoms with Crippen molar-refractivity contribution >= 4 is 0 Å². The number of ether oxygens (including phenoxy) is 1. The summed E-state index contributed by atoms with van der Waals surface area (Å²) in [6.07, 6.45) is 3.15. The zero-order valence-electron chi connectivity index (χ0n) is 12.9. The van der Waals surface area contributed by atoms with Crippen LogP contribution in [0.4, 0.5) is 0 Å². The Labute approximate surface area is 117 Å². The van der Waals surface area contributed by atoms with Crippen molar-refractivity contribution in [2.24, 2.45) is 0 Å². The van der Waals surface area contributed by atoms with Gasteiger partial charge >= 0.3 is 0 Å². The second kappa shape index (κ2) is 5.32. The van der Waals surface area contributed by atoms with Gasteiger partial charge in [-0.1, -0.05) is 0 Å². The number of hydrogen-bond donors (Lipinski definition) is 0. The van der Waals surface area contributed by atoms with Crippen molar-refractivity contribution in [2.75, 3.05) is 40.3 Å². The van der Waals surface area contributed by atoms with E-state index in [1.54, 1.807) is 0 Å². The van der Waals surface area contributed by atoms with Crippen LogP contribution in [0.1, 0.15) is 26.7 Å². The van der Waals surface area contributed by atoms with Crippen LogP contribution >= 0.6 is 0 Å². The Bertz CT molecular complexity index is 309. The molecule has 3 fully saturated rings. The molecule has 3 saturated heterocycles. The zero-order valence-corrected chi connectivity index (χ0v) is 12.9. The molecule has 0 radical (unpaired) electrons. The van der Waals surface area contributed by atoms with E-state index >= 15 is 0 Å². The number of likely N-dealkylation sites (tertiary alicyclic amines) is 2. The van der Waals surface area contributed by atoms with Crippen molar-refractivity contribution < 1.29 is 4.74 Å². The molecule has 0 aliphatic carbocycles. The minimum absolute atomic E-state index is 0.397. The van der Waals surface area contributed by atoms with Crippen molar-refractivity contribution in [2.45, 2.75) is 57.0 Å². The van der Waals surface area contributed by atoms with Gasteiger partial charge in [-0.15, -0.1) is 0 Å². The average Bonchev–Trinajstić information content (AvgIpc) is 2.88. The summed E-state index contributed by atoms with van der Waals surface area (Å²) in [6.45, 7) is 9.37. The van der Waals surface area contributed by atoms with Crippen molar-refractivity contribution in [1.82, 2.24) is 14.7 Å². The van der Waals surface area contributed by atoms with Gasteiger partial charge in [-0.3, -0.25) is 9.80 Å². The third kappa shape index (κ3) is 2.44. The Balaban J connectivity index is 1.74. The van der Waals surface area contributed by atoms with E-state index in [0.717, 1.165) is 18.6 Å². The van der Waals surface area contributed by atoms with E-state index < -0.39 is 0 Å². The fraction of sp³-hybridized carbons (Fsp3) is 1.00. The first-order valence-electron chi connectivity index (χ1n) is 7.83. The molecule has 4 unspecified atom stereocenters. The molecule has 0 spiro atoms. The Morgan fingerprint density at radius 1 is 1.00 bits per heavy atom. The molecule has 0 aromatic carbocycles. The number of likely N-dealkylation sites (N-methyl/N-ethyl adjacent to an activating group) is 1. The van der Waals surface area contributed by atoms with Gasteiger partial charge in [-0.25, -0.2) is 0 Å². The molecule has 0 aromatic rings. The number of methoxy groups -OCH3 is 1. The number of hydrogen-bond acceptors (Lipinski definition) is 4. The fourth-order valence-electron chi connectivity index (χ4n) is 4.41. The van der Waals surface area contributed by atoms with Gasteiger partial charge in [-0.2, -0.15) is 0 Å². The highest BCUT2D eigenvalue weighted by Gasteiger charge is 2.47. The highest BCUT2D eigenvalue weighted by atomic mass is 16.5. The van der Waals surface area contributed by atoms with Gasteiger partial charge in [0.1, 0.15) is 0 Å². The second-order valence-electron chi connectivity index (χ2n) is 6.94. The van der Waals surface area contributed by atoms with Gasteiger partial charge in [0.05, 0.1) is 12.1 Å². The topological polar surface area (TPSA) is 19.0 Å². The minimum Gasteiger partial charge on any atom is -0.378 e. The Kier molecular flexibility index (Phi) is 3.87. The molecular formula is C15H29N3O. The molecule has 4 atom stereocenters. The van der Waals surface area contributed by atoms with Crippen LogP contribution in [0.3, 0.4) is 0 Å². The molecule has 0 amide bonds. The first-order valence-corrected chi connectivity index (χ1v) is 7.83. The largest absolute Gasteiger partial charge is 0.378 e. The number of fused-ring (bicyclic) bond motifs is 2. The van der Waals surface area contributed by atoms with Crippen LogP contribution in [0, 0.1) is 0 Å². The van der Waals surface area contributed by atoms with Crippen LogP contribution in [0.5, 0.6) is 0 Å². The highest BCUT2D eigenvalue weighted by molar-refractivity contribution is 5.03. The lowest BCUT2D eigenvalue weighted by molar-refractivity contribution is -0.0112. The van der Waals surface area contributed by atoms with Crippen LogP contribution in [-0.4, -0.2) is 85.3 Å². The lowest BCUT2D eigenvalue weighted by Gasteiger charge is -2.44. The smallest absolute Gasteiger partial charge is 0.0865 e. The van der Waals surface area contributed by atoms with Crippen LogP contribution in [0.2, 0.25) is 0 Å². The summed E-state index contributed by atoms with van der Waals surface area (Å²) in [5.41, 5.74) is 0. The summed E-state index contributed by atoms with van der Waals surface area (Å²) in [5, 5.41) is 0. The van der Waals surface area contributed by atoms with E-state index in [9.17, 15) is 0 Å². The molecular weight excluding hydrogens is 238 g/mol. The van der Waals surface area contributed by atoms with Crippen LogP contribution in [0.15, 0.2) is 0 Å². The monoisotopic (exact) mass is 267 g/mol. The van der Waals surface area contributed by atoms with Gasteiger partial charge in [0.25, 0.3) is 0 Å². The third-order valence-corrected chi connectivity index (χ3v) is 5.40. The molecule has 3 aliphatic heterocycles. The van der Waals surface area contributed by atoms with Crippen LogP contribution in [-0.2, 0) is 4.74 Å². The van der Waals surface area contributed by atoms with Crippen molar-refractivity contribution in [3.63, 3.8) is 0 Å². The summed E-state index contributed by atoms with van der Waals surface area (Å²) in [4.78, 5) is 7.91. The molecule has 19 heavy (non-hydrogen) atoms. The van der Waals surface area contributed by atoms with E-state index in [4.69, 9.17) is 4.74 Å². The van der Waals surface area contributed by atoms with E-state index in [-0.39, 0.29) is 0 Å². The molecule has 3 rings (SSSR count). The minimum atomic E-state index is 0.397. The maximum absolute atomic E-state index is 5.81. The van der Waals surface area contributed by atoms with Crippen molar-refractivity contribution in [3.05, 3.63) is 0 Å². The molecule has 3 heterocycles. The molecule has 110 valence electrons. The molecule has 0 aromatic heterocycles. The van der Waals surface area contributed by atoms with Gasteiger partial charge < -0.3 is 9.64 Å². The van der Waals surface area contributed by atoms with Gasteiger partial charge in [-0.05, 0) is 33.7 Å². The summed E-state index contributed by atoms with van der Waals surface area (Å²) in [6, 6.07) is 2.77. The number of piperazine rings is 1. The first kappa shape index (κ1) is 13.8. The Morgan fingerprint density at radius 3 is 2.16 bits per heavy atom. The van der Waals surface area contributed by atoms with E-state index in [1.165, 1.54) is 32.5 Å². The van der Waals surface area contributed by atoms with Crippen LogP contribution in [0.25, 0.3) is 0 Å². The third-order valence-electron chi connectivity index (χ3n) is 5.40. The van der Waals surface area contributed by atoms with E-state index in [2.05, 4.69) is 35.6 Å². The van der Waals surface area contributed by atoms with Crippen molar-refractivity contribution in [3.8, 4) is 0 Å². The molecule has 4 heteroatoms. The van der Waals surface area contributed by atoms with Gasteiger partial charge in [0.15, 0.2) is 0 Å². The lowest BCUT2D eigenvalue weighted by atomic mass is 10.1. The number of nitrogens with zero attached hydrogens (tertiary/aromatic N) is 3. The molecule has 0 N–H and O–H groups in total. The SMILES string of the molecule is COC1CN(C(C)C)CC1N1C2CCC1CN(C)C2. The maximum Gasteiger partial charge on any atom is 0.0865 e. The Morgan fingerprint density at radius 2 is 1.63 bits per heavy atom. The predicted octanol–water partition coefficient (Wildman–Crippen LogP) is 0.872. The molecule has 3 aliphatic rings. The van der Waals surface area contributed by atoms with Gasteiger partial charge in [0.2, 0.25) is 0 Å². The maximum atomic E-state index is 5.81. The molecule has 4 nitrogen and oxygen atoms in total. The van der Waals surface area contributed by atoms with E-state index in [1.807, 2.05) is 7.11 Å². The Hall–Kier alpha value is -0.160. The zero-order chi connectivity index (χ0) is 13.6. The molecule has 0 saturated carbocycles. The standard InChI is InChI=1S/C15H29N3O/c1-11(2)17-9-14(15(10-17)19-4)18-12-5-6-13(18)8-16(3)7-12/h11-15H,5-10H2,1-4H3. The quantitative estimate of drug-likeness (QED) is 0.755. The fourth-order valence-corrected chi connectivity index (χ4v) is 4.41. The number of rotatable bonds is 3. The highest BCUT2D eigenvalue weighted by Crippen LogP contribution is 2.35. The van der Waals surface area contributed by atoms with Gasteiger partial charge in [0, 0.05) is 51.4 Å². The molecule has 2 bridgehead atoms. The summed E-state index contributed by atoms with van der Waals surface area (Å²) in [5.74, 6) is 0.